The van der Waals surface area contributed by atoms with Gasteiger partial charge in [-0.25, -0.2) is 4.79 Å². The topological polar surface area (TPSA) is 48.4 Å². The highest BCUT2D eigenvalue weighted by molar-refractivity contribution is 6.60. The van der Waals surface area contributed by atoms with Gasteiger partial charge in [0.05, 0.1) is 28.1 Å². The van der Waals surface area contributed by atoms with Crippen molar-refractivity contribution in [2.45, 2.75) is 38.8 Å². The fourth-order valence-corrected chi connectivity index (χ4v) is 2.31. The summed E-state index contributed by atoms with van der Waals surface area (Å²) in [4.78, 5) is 15.5. The molecule has 0 aliphatic heterocycles. The first kappa shape index (κ1) is 16.9. The van der Waals surface area contributed by atoms with Crippen LogP contribution in [0.1, 0.15) is 36.8 Å². The van der Waals surface area contributed by atoms with Crippen LogP contribution in [0.5, 0.6) is 0 Å². The maximum atomic E-state index is 11.3. The minimum atomic E-state index is -0.484. The molecule has 1 aromatic heterocycles. The van der Waals surface area contributed by atoms with Crippen LogP contribution in [0.2, 0.25) is 11.6 Å². The van der Waals surface area contributed by atoms with Crippen LogP contribution in [0.15, 0.2) is 18.3 Å². The molecule has 0 fully saturated rings. The summed E-state index contributed by atoms with van der Waals surface area (Å²) in [5.74, 6) is -0.358. The number of carbonyl (C=O) groups excluding carboxylic acids is 1. The third-order valence-corrected chi connectivity index (χ3v) is 6.55. The Morgan fingerprint density at radius 2 is 2.05 bits per heavy atom. The molecule has 0 aromatic carbocycles. The van der Waals surface area contributed by atoms with Gasteiger partial charge in [-0.3, -0.25) is 4.98 Å². The van der Waals surface area contributed by atoms with Crippen molar-refractivity contribution in [3.63, 3.8) is 0 Å². The van der Waals surface area contributed by atoms with Gasteiger partial charge in [-0.2, -0.15) is 0 Å². The molecular formula is C15H24NO3Si. The number of nitrogens with zero attached hydrogens (tertiary/aromatic N) is 1. The first-order valence-corrected chi connectivity index (χ1v) is 8.99. The Hall–Kier alpha value is -1.20. The molecule has 5 heteroatoms. The summed E-state index contributed by atoms with van der Waals surface area (Å²) < 4.78 is 10.4. The van der Waals surface area contributed by atoms with Gasteiger partial charge in [0.15, 0.2) is 0 Å². The lowest BCUT2D eigenvalue weighted by Gasteiger charge is -2.25. The number of aromatic nitrogens is 1. The number of esters is 1. The van der Waals surface area contributed by atoms with Crippen molar-refractivity contribution >= 4 is 14.8 Å². The number of hydrogen-bond acceptors (Lipinski definition) is 4. The van der Waals surface area contributed by atoms with E-state index in [0.717, 1.165) is 18.3 Å². The van der Waals surface area contributed by atoms with E-state index in [2.05, 4.69) is 37.0 Å². The van der Waals surface area contributed by atoms with E-state index in [1.54, 1.807) is 12.3 Å². The Balaban J connectivity index is 2.34. The zero-order valence-corrected chi connectivity index (χ0v) is 14.0. The van der Waals surface area contributed by atoms with E-state index in [-0.39, 0.29) is 5.97 Å². The normalized spacial score (nSPS) is 11.7. The molecule has 0 N–H and O–H groups in total. The molecule has 0 spiro atoms. The van der Waals surface area contributed by atoms with Crippen molar-refractivity contribution in [2.24, 2.45) is 0 Å². The fourth-order valence-electron chi connectivity index (χ4n) is 1.43. The van der Waals surface area contributed by atoms with Gasteiger partial charge >= 0.3 is 5.97 Å². The molecule has 111 valence electrons. The van der Waals surface area contributed by atoms with Crippen molar-refractivity contribution in [2.75, 3.05) is 19.9 Å². The van der Waals surface area contributed by atoms with E-state index in [4.69, 9.17) is 4.74 Å². The molecule has 4 nitrogen and oxygen atoms in total. The summed E-state index contributed by atoms with van der Waals surface area (Å²) in [6.45, 7) is 9.75. The highest BCUT2D eigenvalue weighted by Crippen LogP contribution is 2.26. The Labute approximate surface area is 123 Å². The molecular weight excluding hydrogens is 270 g/mol. The smallest absolute Gasteiger partial charge is 0.339 e. The number of pyridine rings is 1. The van der Waals surface area contributed by atoms with Crippen LogP contribution in [0.4, 0.5) is 0 Å². The molecule has 0 unspecified atom stereocenters. The zero-order valence-electron chi connectivity index (χ0n) is 13.0. The summed E-state index contributed by atoms with van der Waals surface area (Å²) in [6, 6.07) is 3.58. The molecule has 0 bridgehead atoms. The number of carbonyl (C=O) groups is 1. The quantitative estimate of drug-likeness (QED) is 0.460. The predicted octanol–water partition coefficient (Wildman–Crippen LogP) is 2.89. The van der Waals surface area contributed by atoms with Gasteiger partial charge < -0.3 is 9.47 Å². The first-order chi connectivity index (χ1) is 9.34. The van der Waals surface area contributed by atoms with Gasteiger partial charge in [0.2, 0.25) is 0 Å². The van der Waals surface area contributed by atoms with E-state index in [1.165, 1.54) is 7.11 Å². The van der Waals surface area contributed by atoms with E-state index in [9.17, 15) is 4.79 Å². The Bertz CT molecular complexity index is 426. The van der Waals surface area contributed by atoms with Gasteiger partial charge in [0.25, 0.3) is 0 Å². The Morgan fingerprint density at radius 3 is 2.55 bits per heavy atom. The van der Waals surface area contributed by atoms with Crippen molar-refractivity contribution in [1.29, 1.82) is 0 Å². The lowest BCUT2D eigenvalue weighted by Crippen LogP contribution is -2.28. The second kappa shape index (κ2) is 7.55. The number of rotatable bonds is 6. The minimum absolute atomic E-state index is 0.358. The molecule has 1 rings (SSSR count). The van der Waals surface area contributed by atoms with Crippen molar-refractivity contribution in [3.8, 4) is 0 Å². The predicted molar refractivity (Wildman–Crippen MR) is 81.4 cm³/mol. The van der Waals surface area contributed by atoms with Crippen LogP contribution < -0.4 is 0 Å². The third kappa shape index (κ3) is 5.42. The number of methoxy groups -OCH3 is 1. The minimum Gasteiger partial charge on any atom is -0.465 e. The lowest BCUT2D eigenvalue weighted by molar-refractivity contribution is 0.0600. The van der Waals surface area contributed by atoms with E-state index in [0.29, 0.717) is 17.2 Å². The number of ether oxygens (including phenoxy) is 2. The standard InChI is InChI=1S/C15H24NO3Si/c1-15(2,3)20(5)11-19-9-8-13-7-6-12(10-16-13)14(17)18-4/h6-7,10H,8-9,11H2,1-5H3. The second-order valence-electron chi connectivity index (χ2n) is 5.86. The van der Waals surface area contributed by atoms with Crippen molar-refractivity contribution in [1.82, 2.24) is 4.98 Å². The maximum absolute atomic E-state index is 11.3. The van der Waals surface area contributed by atoms with Crippen LogP contribution in [-0.2, 0) is 15.9 Å². The van der Waals surface area contributed by atoms with Gasteiger partial charge in [-0.1, -0.05) is 27.3 Å². The van der Waals surface area contributed by atoms with Crippen LogP contribution in [0.3, 0.4) is 0 Å². The van der Waals surface area contributed by atoms with Crippen LogP contribution in [0.25, 0.3) is 0 Å². The molecule has 0 atom stereocenters. The maximum Gasteiger partial charge on any atom is 0.339 e. The first-order valence-electron chi connectivity index (χ1n) is 6.78. The molecule has 1 heterocycles. The Morgan fingerprint density at radius 1 is 1.35 bits per heavy atom. The second-order valence-corrected chi connectivity index (χ2v) is 9.21. The highest BCUT2D eigenvalue weighted by atomic mass is 28.3. The molecule has 0 amide bonds. The average Bonchev–Trinajstić information content (AvgIpc) is 2.42. The van der Waals surface area contributed by atoms with E-state index < -0.39 is 8.80 Å². The molecule has 0 saturated carbocycles. The van der Waals surface area contributed by atoms with Gasteiger partial charge in [-0.05, 0) is 17.2 Å². The molecule has 1 radical (unpaired) electrons. The van der Waals surface area contributed by atoms with Crippen molar-refractivity contribution < 1.29 is 14.3 Å². The fraction of sp³-hybridized carbons (Fsp3) is 0.600. The monoisotopic (exact) mass is 294 g/mol. The molecule has 1 aromatic rings. The van der Waals surface area contributed by atoms with Crippen LogP contribution >= 0.6 is 0 Å². The molecule has 0 aliphatic carbocycles. The number of hydrogen-bond donors (Lipinski definition) is 0. The molecule has 20 heavy (non-hydrogen) atoms. The summed E-state index contributed by atoms with van der Waals surface area (Å²) >= 11 is 0. The largest absolute Gasteiger partial charge is 0.465 e. The Kier molecular flexibility index (Phi) is 6.36. The van der Waals surface area contributed by atoms with E-state index in [1.807, 2.05) is 6.07 Å². The van der Waals surface area contributed by atoms with Crippen LogP contribution in [0, 0.1) is 0 Å². The summed E-state index contributed by atoms with van der Waals surface area (Å²) in [7, 11) is 0.881. The lowest BCUT2D eigenvalue weighted by atomic mass is 10.2. The van der Waals surface area contributed by atoms with E-state index >= 15 is 0 Å². The van der Waals surface area contributed by atoms with Gasteiger partial charge in [0.1, 0.15) is 0 Å². The summed E-state index contributed by atoms with van der Waals surface area (Å²) in [5, 5.41) is 0.366. The summed E-state index contributed by atoms with van der Waals surface area (Å²) in [5.41, 5.74) is 1.40. The molecule has 0 aliphatic rings. The van der Waals surface area contributed by atoms with Crippen molar-refractivity contribution in [3.05, 3.63) is 29.6 Å². The SMILES string of the molecule is COC(=O)c1ccc(CCOC[Si](C)C(C)(C)C)nc1. The van der Waals surface area contributed by atoms with Crippen LogP contribution in [-0.4, -0.2) is 39.7 Å². The highest BCUT2D eigenvalue weighted by Gasteiger charge is 2.21. The van der Waals surface area contributed by atoms with Gasteiger partial charge in [0, 0.05) is 24.5 Å². The average molecular weight is 294 g/mol. The third-order valence-electron chi connectivity index (χ3n) is 3.35. The summed E-state index contributed by atoms with van der Waals surface area (Å²) in [6.07, 6.45) is 3.17. The zero-order chi connectivity index (χ0) is 15.2. The molecule has 0 saturated heterocycles. The van der Waals surface area contributed by atoms with Gasteiger partial charge in [-0.15, -0.1) is 0 Å².